The van der Waals surface area contributed by atoms with Crippen LogP contribution in [0.25, 0.3) is 11.4 Å². The molecule has 0 aliphatic carbocycles. The molecular weight excluding hydrogens is 366 g/mol. The summed E-state index contributed by atoms with van der Waals surface area (Å²) in [5.41, 5.74) is 5.35. The highest BCUT2D eigenvalue weighted by Crippen LogP contribution is 2.23. The maximum Gasteiger partial charge on any atom is 0.260 e. The Kier molecular flexibility index (Phi) is 6.32. The fourth-order valence-electron chi connectivity index (χ4n) is 3.06. The minimum Gasteiger partial charge on any atom is -0.483 e. The van der Waals surface area contributed by atoms with Crippen LogP contribution in [-0.2, 0) is 11.3 Å². The van der Waals surface area contributed by atoms with Gasteiger partial charge in [0.1, 0.15) is 12.3 Å². The number of hydrogen-bond acceptors (Lipinski definition) is 5. The Morgan fingerprint density at radius 3 is 2.48 bits per heavy atom. The lowest BCUT2D eigenvalue weighted by Gasteiger charge is -2.19. The summed E-state index contributed by atoms with van der Waals surface area (Å²) in [7, 11) is 0. The minimum atomic E-state index is -0.124. The molecule has 3 rings (SSSR count). The molecule has 0 radical (unpaired) electrons. The summed E-state index contributed by atoms with van der Waals surface area (Å²) in [6.45, 7) is 10.7. The Morgan fingerprint density at radius 1 is 1.07 bits per heavy atom. The van der Waals surface area contributed by atoms with Gasteiger partial charge in [0.05, 0.1) is 0 Å². The van der Waals surface area contributed by atoms with Gasteiger partial charge in [-0.15, -0.1) is 0 Å². The third kappa shape index (κ3) is 5.02. The minimum absolute atomic E-state index is 0.0312. The van der Waals surface area contributed by atoms with E-state index in [0.717, 1.165) is 28.0 Å². The molecule has 1 aromatic heterocycles. The van der Waals surface area contributed by atoms with Gasteiger partial charge in [-0.3, -0.25) is 4.79 Å². The van der Waals surface area contributed by atoms with Gasteiger partial charge in [0.2, 0.25) is 11.7 Å². The number of benzene rings is 2. The quantitative estimate of drug-likeness (QED) is 0.595. The number of ether oxygens (including phenoxy) is 1. The Hall–Kier alpha value is -3.15. The number of amides is 1. The normalized spacial score (nSPS) is 10.8. The predicted molar refractivity (Wildman–Crippen MR) is 112 cm³/mol. The molecule has 0 saturated heterocycles. The van der Waals surface area contributed by atoms with Crippen molar-refractivity contribution < 1.29 is 14.1 Å². The van der Waals surface area contributed by atoms with E-state index in [1.807, 2.05) is 65.0 Å². The lowest BCUT2D eigenvalue weighted by atomic mass is 10.1. The molecule has 1 heterocycles. The fraction of sp³-hybridized carbons (Fsp3) is 0.348. The molecule has 0 unspecified atom stereocenters. The number of carbonyl (C=O) groups excluding carboxylic acids is 1. The van der Waals surface area contributed by atoms with Crippen LogP contribution >= 0.6 is 0 Å². The van der Waals surface area contributed by atoms with Gasteiger partial charge in [-0.1, -0.05) is 41.1 Å². The van der Waals surface area contributed by atoms with Crippen LogP contribution in [0.3, 0.4) is 0 Å². The number of carbonyl (C=O) groups is 1. The highest BCUT2D eigenvalue weighted by atomic mass is 16.5. The van der Waals surface area contributed by atoms with Crippen molar-refractivity contribution in [1.82, 2.24) is 15.0 Å². The largest absolute Gasteiger partial charge is 0.483 e. The summed E-state index contributed by atoms with van der Waals surface area (Å²) in [4.78, 5) is 18.7. The topological polar surface area (TPSA) is 68.5 Å². The third-order valence-electron chi connectivity index (χ3n) is 4.95. The molecule has 1 amide bonds. The molecule has 0 fully saturated rings. The maximum absolute atomic E-state index is 12.7. The van der Waals surface area contributed by atoms with Crippen molar-refractivity contribution in [2.24, 2.45) is 0 Å². The van der Waals surface area contributed by atoms with Crippen molar-refractivity contribution in [3.63, 3.8) is 0 Å². The van der Waals surface area contributed by atoms with Crippen LogP contribution in [0.4, 0.5) is 0 Å². The number of rotatable bonds is 7. The summed E-state index contributed by atoms with van der Waals surface area (Å²) < 4.78 is 11.2. The van der Waals surface area contributed by atoms with Crippen molar-refractivity contribution in [1.29, 1.82) is 0 Å². The van der Waals surface area contributed by atoms with Crippen LogP contribution in [0.15, 0.2) is 40.9 Å². The number of hydrogen-bond donors (Lipinski definition) is 0. The third-order valence-corrected chi connectivity index (χ3v) is 4.95. The van der Waals surface area contributed by atoms with E-state index in [0.29, 0.717) is 18.3 Å². The van der Waals surface area contributed by atoms with E-state index < -0.39 is 0 Å². The molecule has 0 spiro atoms. The van der Waals surface area contributed by atoms with Crippen molar-refractivity contribution in [2.45, 2.75) is 41.2 Å². The first-order chi connectivity index (χ1) is 13.9. The highest BCUT2D eigenvalue weighted by molar-refractivity contribution is 5.77. The van der Waals surface area contributed by atoms with Gasteiger partial charge in [0.25, 0.3) is 5.91 Å². The van der Waals surface area contributed by atoms with Gasteiger partial charge >= 0.3 is 0 Å². The molecule has 152 valence electrons. The number of likely N-dealkylation sites (N-methyl/N-ethyl adjacent to an activating group) is 1. The van der Waals surface area contributed by atoms with Gasteiger partial charge < -0.3 is 14.2 Å². The number of aryl methyl sites for hydroxylation is 3. The van der Waals surface area contributed by atoms with Crippen molar-refractivity contribution in [2.75, 3.05) is 13.2 Å². The summed E-state index contributed by atoms with van der Waals surface area (Å²) in [5.74, 6) is 1.54. The van der Waals surface area contributed by atoms with E-state index >= 15 is 0 Å². The maximum atomic E-state index is 12.7. The average molecular weight is 393 g/mol. The van der Waals surface area contributed by atoms with E-state index in [-0.39, 0.29) is 19.1 Å². The smallest absolute Gasteiger partial charge is 0.260 e. The monoisotopic (exact) mass is 393 g/mol. The molecule has 29 heavy (non-hydrogen) atoms. The van der Waals surface area contributed by atoms with E-state index in [4.69, 9.17) is 9.26 Å². The zero-order valence-electron chi connectivity index (χ0n) is 17.7. The molecule has 2 aromatic carbocycles. The molecule has 0 bridgehead atoms. The second kappa shape index (κ2) is 8.90. The van der Waals surface area contributed by atoms with Crippen LogP contribution in [0, 0.1) is 27.7 Å². The summed E-state index contributed by atoms with van der Waals surface area (Å²) in [6.07, 6.45) is 0. The zero-order chi connectivity index (χ0) is 21.0. The lowest BCUT2D eigenvalue weighted by molar-refractivity contribution is -0.134. The molecule has 0 atom stereocenters. The molecule has 0 aliphatic rings. The molecule has 6 heteroatoms. The summed E-state index contributed by atoms with van der Waals surface area (Å²) in [6, 6.07) is 12.0. The molecule has 0 saturated carbocycles. The standard InChI is InChI=1S/C23H27N3O3/c1-6-26(22(27)14-28-20-12-16(3)11-17(4)18(20)5)13-21-24-23(25-29-21)19-9-7-15(2)8-10-19/h7-12H,6,13-14H2,1-5H3. The van der Waals surface area contributed by atoms with Crippen LogP contribution in [0.2, 0.25) is 0 Å². The Bertz CT molecular complexity index is 993. The van der Waals surface area contributed by atoms with Crippen LogP contribution in [-0.4, -0.2) is 34.1 Å². The summed E-state index contributed by atoms with van der Waals surface area (Å²) in [5, 5.41) is 4.03. The van der Waals surface area contributed by atoms with Crippen LogP contribution in [0.1, 0.15) is 35.1 Å². The fourth-order valence-corrected chi connectivity index (χ4v) is 3.06. The Balaban J connectivity index is 1.64. The average Bonchev–Trinajstić information content (AvgIpc) is 3.16. The Morgan fingerprint density at radius 2 is 1.79 bits per heavy atom. The van der Waals surface area contributed by atoms with Gasteiger partial charge in [0.15, 0.2) is 6.61 Å². The van der Waals surface area contributed by atoms with E-state index in [9.17, 15) is 4.79 Å². The molecule has 0 aliphatic heterocycles. The molecular formula is C23H27N3O3. The van der Waals surface area contributed by atoms with E-state index in [1.165, 1.54) is 5.56 Å². The van der Waals surface area contributed by atoms with Crippen LogP contribution in [0.5, 0.6) is 5.75 Å². The predicted octanol–water partition coefficient (Wildman–Crippen LogP) is 4.40. The molecule has 3 aromatic rings. The number of aromatic nitrogens is 2. The molecule has 6 nitrogen and oxygen atoms in total. The first kappa shape index (κ1) is 20.6. The highest BCUT2D eigenvalue weighted by Gasteiger charge is 2.18. The van der Waals surface area contributed by atoms with Crippen molar-refractivity contribution in [3.8, 4) is 17.1 Å². The summed E-state index contributed by atoms with van der Waals surface area (Å²) >= 11 is 0. The van der Waals surface area contributed by atoms with Crippen molar-refractivity contribution >= 4 is 5.91 Å². The second-order valence-electron chi connectivity index (χ2n) is 7.28. The van der Waals surface area contributed by atoms with Gasteiger partial charge in [0, 0.05) is 12.1 Å². The first-order valence-corrected chi connectivity index (χ1v) is 9.75. The lowest BCUT2D eigenvalue weighted by Crippen LogP contribution is -2.34. The second-order valence-corrected chi connectivity index (χ2v) is 7.28. The SMILES string of the molecule is CCN(Cc1nc(-c2ccc(C)cc2)no1)C(=O)COc1cc(C)cc(C)c1C. The van der Waals surface area contributed by atoms with Crippen LogP contribution < -0.4 is 4.74 Å². The van der Waals surface area contributed by atoms with Gasteiger partial charge in [-0.2, -0.15) is 4.98 Å². The molecule has 0 N–H and O–H groups in total. The Labute approximate surface area is 171 Å². The van der Waals surface area contributed by atoms with Gasteiger partial charge in [-0.05, 0) is 57.4 Å². The van der Waals surface area contributed by atoms with Crippen molar-refractivity contribution in [3.05, 3.63) is 64.5 Å². The van der Waals surface area contributed by atoms with E-state index in [2.05, 4.69) is 16.2 Å². The zero-order valence-corrected chi connectivity index (χ0v) is 17.7. The van der Waals surface area contributed by atoms with E-state index in [1.54, 1.807) is 4.90 Å². The van der Waals surface area contributed by atoms with Gasteiger partial charge in [-0.25, -0.2) is 0 Å². The number of nitrogens with zero attached hydrogens (tertiary/aromatic N) is 3. The first-order valence-electron chi connectivity index (χ1n) is 9.75.